The normalized spacial score (nSPS) is 14.5. The van der Waals surface area contributed by atoms with Gasteiger partial charge in [-0.1, -0.05) is 24.3 Å². The number of amides is 2. The van der Waals surface area contributed by atoms with E-state index in [0.29, 0.717) is 23.7 Å². The van der Waals surface area contributed by atoms with Gasteiger partial charge in [0.1, 0.15) is 12.4 Å². The van der Waals surface area contributed by atoms with Crippen molar-refractivity contribution in [3.8, 4) is 17.2 Å². The van der Waals surface area contributed by atoms with Crippen LogP contribution in [-0.4, -0.2) is 41.8 Å². The van der Waals surface area contributed by atoms with E-state index in [0.717, 1.165) is 16.7 Å². The van der Waals surface area contributed by atoms with Gasteiger partial charge in [-0.05, 0) is 66.7 Å². The molecule has 1 aliphatic rings. The summed E-state index contributed by atoms with van der Waals surface area (Å²) < 4.78 is 21.6. The number of rotatable bonds is 9. The van der Waals surface area contributed by atoms with Crippen LogP contribution in [-0.2, 0) is 4.79 Å². The molecule has 1 saturated heterocycles. The van der Waals surface area contributed by atoms with Crippen LogP contribution < -0.4 is 14.2 Å². The van der Waals surface area contributed by atoms with E-state index in [1.807, 2.05) is 18.2 Å². The van der Waals surface area contributed by atoms with E-state index in [1.54, 1.807) is 49.4 Å². The van der Waals surface area contributed by atoms with Crippen LogP contribution in [0.3, 0.4) is 0 Å². The van der Waals surface area contributed by atoms with Gasteiger partial charge < -0.3 is 18.6 Å². The van der Waals surface area contributed by atoms with Gasteiger partial charge in [-0.15, -0.1) is 0 Å². The summed E-state index contributed by atoms with van der Waals surface area (Å²) in [6.45, 7) is 2.47. The number of para-hydroxylation sites is 1. The Kier molecular flexibility index (Phi) is 7.34. The maximum absolute atomic E-state index is 12.8. The Morgan fingerprint density at radius 1 is 1.03 bits per heavy atom. The second-order valence-corrected chi connectivity index (χ2v) is 7.99. The molecular weight excluding hydrogens is 458 g/mol. The summed E-state index contributed by atoms with van der Waals surface area (Å²) >= 11 is 0.860. The number of hydrogen-bond donors (Lipinski definition) is 0. The summed E-state index contributed by atoms with van der Waals surface area (Å²) in [5, 5.41) is -0.359. The van der Waals surface area contributed by atoms with Crippen molar-refractivity contribution < 1.29 is 33.0 Å². The number of hydrogen-bond acceptors (Lipinski definition) is 8. The molecule has 0 spiro atoms. The third kappa shape index (κ3) is 5.49. The van der Waals surface area contributed by atoms with Crippen LogP contribution in [0.2, 0.25) is 0 Å². The highest BCUT2D eigenvalue weighted by Gasteiger charge is 2.34. The van der Waals surface area contributed by atoms with Crippen molar-refractivity contribution in [2.45, 2.75) is 6.92 Å². The van der Waals surface area contributed by atoms with E-state index in [4.69, 9.17) is 18.6 Å². The van der Waals surface area contributed by atoms with Crippen LogP contribution in [0.1, 0.15) is 23.0 Å². The second kappa shape index (κ2) is 10.8. The summed E-state index contributed by atoms with van der Waals surface area (Å²) in [5.41, 5.74) is 0.618. The monoisotopic (exact) mass is 479 g/mol. The highest BCUT2D eigenvalue weighted by atomic mass is 32.2. The van der Waals surface area contributed by atoms with Gasteiger partial charge in [0.25, 0.3) is 11.1 Å². The van der Waals surface area contributed by atoms with Crippen LogP contribution in [0, 0.1) is 0 Å². The highest BCUT2D eigenvalue weighted by molar-refractivity contribution is 8.18. The van der Waals surface area contributed by atoms with E-state index < -0.39 is 11.9 Å². The molecular formula is C25H21NO7S. The molecule has 34 heavy (non-hydrogen) atoms. The lowest BCUT2D eigenvalue weighted by Crippen LogP contribution is -2.32. The van der Waals surface area contributed by atoms with E-state index in [1.165, 1.54) is 12.3 Å². The van der Waals surface area contributed by atoms with Crippen molar-refractivity contribution >= 4 is 35.0 Å². The SMILES string of the molecule is CCOc1cc(/C=C2\SC(=O)N(CCOc3ccccc3)C2=O)ccc1OC(=O)c1ccco1. The van der Waals surface area contributed by atoms with Gasteiger partial charge in [0, 0.05) is 0 Å². The zero-order chi connectivity index (χ0) is 23.9. The number of carbonyl (C=O) groups excluding carboxylic acids is 3. The lowest BCUT2D eigenvalue weighted by molar-refractivity contribution is -0.123. The van der Waals surface area contributed by atoms with E-state index >= 15 is 0 Å². The fourth-order valence-electron chi connectivity index (χ4n) is 3.13. The van der Waals surface area contributed by atoms with Gasteiger partial charge in [0.2, 0.25) is 5.76 Å². The van der Waals surface area contributed by atoms with Crippen molar-refractivity contribution in [1.82, 2.24) is 4.90 Å². The molecule has 8 nitrogen and oxygen atoms in total. The standard InChI is InChI=1S/C25H21NO7S/c1-2-30-21-15-17(10-11-19(21)33-24(28)20-9-6-13-32-20)16-22-23(27)26(25(29)34-22)12-14-31-18-7-4-3-5-8-18/h3-11,13,15-16H,2,12,14H2,1H3/b22-16-. The first-order valence-corrected chi connectivity index (χ1v) is 11.3. The topological polar surface area (TPSA) is 95.3 Å². The summed E-state index contributed by atoms with van der Waals surface area (Å²) in [5.74, 6) is 0.228. The number of benzene rings is 2. The molecule has 9 heteroatoms. The smallest absolute Gasteiger partial charge is 0.379 e. The molecule has 0 unspecified atom stereocenters. The third-order valence-corrected chi connectivity index (χ3v) is 5.60. The van der Waals surface area contributed by atoms with E-state index in [9.17, 15) is 14.4 Å². The minimum absolute atomic E-state index is 0.0662. The quantitative estimate of drug-likeness (QED) is 0.240. The van der Waals surface area contributed by atoms with Gasteiger partial charge in [0.15, 0.2) is 11.5 Å². The van der Waals surface area contributed by atoms with Crippen molar-refractivity contribution in [1.29, 1.82) is 0 Å². The molecule has 3 aromatic rings. The molecule has 0 radical (unpaired) electrons. The Morgan fingerprint density at radius 3 is 2.59 bits per heavy atom. The van der Waals surface area contributed by atoms with Gasteiger partial charge in [-0.3, -0.25) is 14.5 Å². The molecule has 0 saturated carbocycles. The Bertz CT molecular complexity index is 1210. The van der Waals surface area contributed by atoms with Crippen LogP contribution in [0.25, 0.3) is 6.08 Å². The predicted octanol–water partition coefficient (Wildman–Crippen LogP) is 5.01. The number of furan rings is 1. The average molecular weight is 480 g/mol. The molecule has 0 bridgehead atoms. The summed E-state index contributed by atoms with van der Waals surface area (Å²) in [7, 11) is 0. The van der Waals surface area contributed by atoms with Gasteiger partial charge >= 0.3 is 5.97 Å². The van der Waals surface area contributed by atoms with Crippen molar-refractivity contribution in [3.05, 3.63) is 83.2 Å². The number of nitrogens with zero attached hydrogens (tertiary/aromatic N) is 1. The van der Waals surface area contributed by atoms with Crippen LogP contribution in [0.5, 0.6) is 17.2 Å². The Hall–Kier alpha value is -3.98. The highest BCUT2D eigenvalue weighted by Crippen LogP contribution is 2.35. The molecule has 0 atom stereocenters. The van der Waals surface area contributed by atoms with Gasteiger partial charge in [-0.2, -0.15) is 0 Å². The number of esters is 1. The molecule has 2 aromatic carbocycles. The number of carbonyl (C=O) groups is 3. The van der Waals surface area contributed by atoms with E-state index in [2.05, 4.69) is 0 Å². The van der Waals surface area contributed by atoms with Crippen molar-refractivity contribution in [3.63, 3.8) is 0 Å². The zero-order valence-corrected chi connectivity index (χ0v) is 19.1. The number of imide groups is 1. The first-order chi connectivity index (χ1) is 16.5. The molecule has 2 amide bonds. The fourth-order valence-corrected chi connectivity index (χ4v) is 3.99. The Morgan fingerprint density at radius 2 is 1.85 bits per heavy atom. The molecule has 174 valence electrons. The molecule has 1 aromatic heterocycles. The Balaban J connectivity index is 1.44. The largest absolute Gasteiger partial charge is 0.492 e. The lowest BCUT2D eigenvalue weighted by atomic mass is 10.2. The fraction of sp³-hybridized carbons (Fsp3) is 0.160. The zero-order valence-electron chi connectivity index (χ0n) is 18.3. The minimum Gasteiger partial charge on any atom is -0.492 e. The van der Waals surface area contributed by atoms with Crippen molar-refractivity contribution in [2.24, 2.45) is 0 Å². The number of thioether (sulfide) groups is 1. The van der Waals surface area contributed by atoms with E-state index in [-0.39, 0.29) is 34.8 Å². The Labute approximate surface area is 200 Å². The molecule has 1 aliphatic heterocycles. The van der Waals surface area contributed by atoms with Gasteiger partial charge in [-0.25, -0.2) is 4.79 Å². The molecule has 4 rings (SSSR count). The van der Waals surface area contributed by atoms with Crippen LogP contribution >= 0.6 is 11.8 Å². The van der Waals surface area contributed by atoms with Gasteiger partial charge in [0.05, 0.1) is 24.3 Å². The molecule has 2 heterocycles. The molecule has 0 aliphatic carbocycles. The molecule has 1 fully saturated rings. The summed E-state index contributed by atoms with van der Waals surface area (Å²) in [6, 6.07) is 17.1. The summed E-state index contributed by atoms with van der Waals surface area (Å²) in [6.07, 6.45) is 2.98. The van der Waals surface area contributed by atoms with Crippen LogP contribution in [0.4, 0.5) is 4.79 Å². The first kappa shape index (κ1) is 23.2. The average Bonchev–Trinajstić information content (AvgIpc) is 3.46. The second-order valence-electron chi connectivity index (χ2n) is 7.00. The first-order valence-electron chi connectivity index (χ1n) is 10.5. The summed E-state index contributed by atoms with van der Waals surface area (Å²) in [4.78, 5) is 38.8. The predicted molar refractivity (Wildman–Crippen MR) is 126 cm³/mol. The molecule has 0 N–H and O–H groups in total. The third-order valence-electron chi connectivity index (χ3n) is 4.69. The van der Waals surface area contributed by atoms with Crippen molar-refractivity contribution in [2.75, 3.05) is 19.8 Å². The number of ether oxygens (including phenoxy) is 3. The lowest BCUT2D eigenvalue weighted by Gasteiger charge is -2.13. The maximum Gasteiger partial charge on any atom is 0.379 e. The maximum atomic E-state index is 12.8. The van der Waals surface area contributed by atoms with Crippen LogP contribution in [0.15, 0.2) is 76.2 Å². The minimum atomic E-state index is -0.655.